The van der Waals surface area contributed by atoms with Crippen LogP contribution in [0.2, 0.25) is 0 Å². The highest BCUT2D eigenvalue weighted by atomic mass is 32.1. The number of benzene rings is 1. The summed E-state index contributed by atoms with van der Waals surface area (Å²) >= 11 is 1.85. The molecule has 0 aliphatic heterocycles. The molecule has 0 saturated carbocycles. The van der Waals surface area contributed by atoms with Gasteiger partial charge in [0, 0.05) is 23.6 Å². The zero-order valence-electron chi connectivity index (χ0n) is 22.1. The van der Waals surface area contributed by atoms with E-state index in [4.69, 9.17) is 0 Å². The summed E-state index contributed by atoms with van der Waals surface area (Å²) in [4.78, 5) is 34.2. The number of halogens is 6. The van der Waals surface area contributed by atoms with E-state index in [1.54, 1.807) is 5.38 Å². The van der Waals surface area contributed by atoms with Crippen LogP contribution in [-0.4, -0.2) is 56.4 Å². The number of thiazole rings is 2. The van der Waals surface area contributed by atoms with Crippen molar-refractivity contribution in [1.82, 2.24) is 20.6 Å². The number of carbonyl (C=O) groups is 2. The Kier molecular flexibility index (Phi) is 11.5. The van der Waals surface area contributed by atoms with Crippen molar-refractivity contribution in [2.45, 2.75) is 75.7 Å². The Hall–Kier alpha value is -3.08. The molecule has 2 amide bonds. The van der Waals surface area contributed by atoms with Gasteiger partial charge in [0.1, 0.15) is 27.0 Å². The van der Waals surface area contributed by atoms with Crippen LogP contribution in [0.25, 0.3) is 10.6 Å². The zero-order valence-corrected chi connectivity index (χ0v) is 23.7. The van der Waals surface area contributed by atoms with Crippen molar-refractivity contribution >= 4 is 34.5 Å². The molecule has 0 aliphatic rings. The van der Waals surface area contributed by atoms with E-state index in [0.29, 0.717) is 0 Å². The molecule has 0 spiro atoms. The summed E-state index contributed by atoms with van der Waals surface area (Å²) in [5.41, 5.74) is -0.754. The molecule has 2 aromatic heterocycles. The van der Waals surface area contributed by atoms with Crippen LogP contribution in [0.3, 0.4) is 0 Å². The number of hydrogen-bond donors (Lipinski definition) is 4. The second-order valence-electron chi connectivity index (χ2n) is 9.50. The number of hydrogen-bond acceptors (Lipinski definition) is 8. The van der Waals surface area contributed by atoms with Crippen molar-refractivity contribution in [3.05, 3.63) is 57.5 Å². The number of nitrogens with zero attached hydrogens (tertiary/aromatic N) is 2. The third-order valence-electron chi connectivity index (χ3n) is 6.05. The minimum Gasteiger partial charge on any atom is -0.393 e. The summed E-state index contributed by atoms with van der Waals surface area (Å²) in [6.45, 7) is 1.47. The minimum absolute atomic E-state index is 0.0122. The Morgan fingerprint density at radius 2 is 1.76 bits per heavy atom. The fourth-order valence-electron chi connectivity index (χ4n) is 3.91. The molecule has 230 valence electrons. The van der Waals surface area contributed by atoms with Crippen LogP contribution in [0.15, 0.2) is 42.0 Å². The number of rotatable bonds is 13. The van der Waals surface area contributed by atoms with Gasteiger partial charge in [-0.2, -0.15) is 26.3 Å². The van der Waals surface area contributed by atoms with E-state index in [-0.39, 0.29) is 46.1 Å². The molecule has 0 fully saturated rings. The Morgan fingerprint density at radius 3 is 2.38 bits per heavy atom. The fraction of sp³-hybridized carbons (Fsp3) is 0.462. The maximum Gasteiger partial charge on any atom is 0.416 e. The number of aromatic nitrogens is 2. The summed E-state index contributed by atoms with van der Waals surface area (Å²) in [5.74, 6) is -1.58. The minimum atomic E-state index is -4.57. The molecular weight excluding hydrogens is 610 g/mol. The summed E-state index contributed by atoms with van der Waals surface area (Å²) < 4.78 is 77.5. The topological polar surface area (TPSA) is 124 Å². The van der Waals surface area contributed by atoms with Crippen molar-refractivity contribution in [3.63, 3.8) is 0 Å². The maximum atomic E-state index is 13.2. The monoisotopic (exact) mass is 638 g/mol. The summed E-state index contributed by atoms with van der Waals surface area (Å²) in [6, 6.07) is 1.99. The number of alkyl halides is 6. The van der Waals surface area contributed by atoms with Crippen molar-refractivity contribution < 1.29 is 46.1 Å². The standard InChI is InChI=1S/C26H28F6N4O4S2/c1-14(37)7-8-18(21(39)35-17(6-3-9-25(27,28)29)20(38)24-33-10-11-41-24)36-22(40)19-13-34-23(42-19)15-4-2-5-16(12-15)26(30,31)32/h2,4-5,10-14,17-18,20,37-38H,3,6-9H2,1H3,(H,35,39)(H,36,40)/t14?,17-,18-,20?/m0/s1. The lowest BCUT2D eigenvalue weighted by Crippen LogP contribution is -2.51. The average Bonchev–Trinajstić information content (AvgIpc) is 3.62. The first-order valence-corrected chi connectivity index (χ1v) is 14.4. The second-order valence-corrected chi connectivity index (χ2v) is 11.5. The molecule has 8 nitrogen and oxygen atoms in total. The Balaban J connectivity index is 1.76. The normalized spacial score (nSPS) is 15.1. The lowest BCUT2D eigenvalue weighted by Gasteiger charge is -2.26. The molecule has 16 heteroatoms. The van der Waals surface area contributed by atoms with E-state index in [9.17, 15) is 46.1 Å². The number of aliphatic hydroxyl groups is 2. The fourth-order valence-corrected chi connectivity index (χ4v) is 5.42. The molecule has 2 unspecified atom stereocenters. The molecular formula is C26H28F6N4O4S2. The van der Waals surface area contributed by atoms with Crippen LogP contribution >= 0.6 is 22.7 Å². The van der Waals surface area contributed by atoms with E-state index < -0.39 is 60.4 Å². The molecule has 2 heterocycles. The summed E-state index contributed by atoms with van der Waals surface area (Å²) in [7, 11) is 0. The largest absolute Gasteiger partial charge is 0.416 e. The highest BCUT2D eigenvalue weighted by Gasteiger charge is 2.33. The number of amides is 2. The van der Waals surface area contributed by atoms with Crippen molar-refractivity contribution in [2.24, 2.45) is 0 Å². The van der Waals surface area contributed by atoms with E-state index in [0.717, 1.165) is 41.0 Å². The van der Waals surface area contributed by atoms with Crippen molar-refractivity contribution in [3.8, 4) is 10.6 Å². The molecule has 4 atom stereocenters. The van der Waals surface area contributed by atoms with E-state index in [1.165, 1.54) is 25.3 Å². The van der Waals surface area contributed by atoms with Gasteiger partial charge in [-0.1, -0.05) is 12.1 Å². The quantitative estimate of drug-likeness (QED) is 0.184. The van der Waals surface area contributed by atoms with Crippen LogP contribution < -0.4 is 10.6 Å². The average molecular weight is 639 g/mol. The highest BCUT2D eigenvalue weighted by Crippen LogP contribution is 2.33. The van der Waals surface area contributed by atoms with E-state index in [2.05, 4.69) is 20.6 Å². The van der Waals surface area contributed by atoms with Crippen LogP contribution in [-0.2, 0) is 11.0 Å². The lowest BCUT2D eigenvalue weighted by molar-refractivity contribution is -0.138. The molecule has 4 N–H and O–H groups in total. The van der Waals surface area contributed by atoms with Gasteiger partial charge in [0.05, 0.1) is 23.9 Å². The van der Waals surface area contributed by atoms with Gasteiger partial charge in [-0.15, -0.1) is 22.7 Å². The molecule has 0 saturated heterocycles. The number of aliphatic hydroxyl groups excluding tert-OH is 2. The number of carbonyl (C=O) groups excluding carboxylic acids is 2. The van der Waals surface area contributed by atoms with Crippen LogP contribution in [0.5, 0.6) is 0 Å². The third-order valence-corrected chi connectivity index (χ3v) is 7.94. The van der Waals surface area contributed by atoms with Gasteiger partial charge in [-0.25, -0.2) is 9.97 Å². The molecule has 0 aliphatic carbocycles. The maximum absolute atomic E-state index is 13.2. The Morgan fingerprint density at radius 1 is 1.02 bits per heavy atom. The van der Waals surface area contributed by atoms with Crippen LogP contribution in [0.1, 0.15) is 65.4 Å². The van der Waals surface area contributed by atoms with Crippen molar-refractivity contribution in [1.29, 1.82) is 0 Å². The van der Waals surface area contributed by atoms with Gasteiger partial charge in [0.15, 0.2) is 0 Å². The van der Waals surface area contributed by atoms with E-state index in [1.807, 2.05) is 0 Å². The Bertz CT molecular complexity index is 1310. The second kappa shape index (κ2) is 14.4. The molecule has 42 heavy (non-hydrogen) atoms. The van der Waals surface area contributed by atoms with Gasteiger partial charge in [0.25, 0.3) is 5.91 Å². The van der Waals surface area contributed by atoms with Crippen LogP contribution in [0, 0.1) is 0 Å². The van der Waals surface area contributed by atoms with Crippen LogP contribution in [0.4, 0.5) is 26.3 Å². The van der Waals surface area contributed by atoms with Gasteiger partial charge in [-0.05, 0) is 44.7 Å². The summed E-state index contributed by atoms with van der Waals surface area (Å²) in [5, 5.41) is 27.4. The first-order valence-electron chi connectivity index (χ1n) is 12.7. The van der Waals surface area contributed by atoms with Crippen molar-refractivity contribution in [2.75, 3.05) is 0 Å². The molecule has 1 aromatic carbocycles. The van der Waals surface area contributed by atoms with Gasteiger partial charge >= 0.3 is 12.4 Å². The van der Waals surface area contributed by atoms with Gasteiger partial charge in [0.2, 0.25) is 5.91 Å². The smallest absolute Gasteiger partial charge is 0.393 e. The first-order chi connectivity index (χ1) is 19.6. The number of nitrogens with one attached hydrogen (secondary N) is 2. The molecule has 0 bridgehead atoms. The lowest BCUT2D eigenvalue weighted by atomic mass is 10.0. The zero-order chi connectivity index (χ0) is 31.1. The SMILES string of the molecule is CC(O)CC[C@H](NC(=O)c1cnc(-c2cccc(C(F)(F)F)c2)s1)C(=O)N[C@@H](CCCC(F)(F)F)C(O)c1nccs1. The van der Waals surface area contributed by atoms with Gasteiger partial charge in [-0.3, -0.25) is 9.59 Å². The summed E-state index contributed by atoms with van der Waals surface area (Å²) in [6.07, 6.45) is -10.5. The molecule has 3 aromatic rings. The highest BCUT2D eigenvalue weighted by molar-refractivity contribution is 7.16. The predicted molar refractivity (Wildman–Crippen MR) is 144 cm³/mol. The molecule has 3 rings (SSSR count). The van der Waals surface area contributed by atoms with Gasteiger partial charge < -0.3 is 20.8 Å². The van der Waals surface area contributed by atoms with E-state index >= 15 is 0 Å². The Labute approximate surface area is 244 Å². The predicted octanol–water partition coefficient (Wildman–Crippen LogP) is 5.50. The molecule has 0 radical (unpaired) electrons. The third kappa shape index (κ3) is 10.0. The first kappa shape index (κ1) is 33.4.